The fourth-order valence-electron chi connectivity index (χ4n) is 1.20. The smallest absolute Gasteiger partial charge is 0.125 e. The molecule has 0 aliphatic carbocycles. The molecular weight excluding hydrogens is 262 g/mol. The maximum absolute atomic E-state index is 3.98. The van der Waals surface area contributed by atoms with Crippen molar-refractivity contribution in [2.75, 3.05) is 0 Å². The molecule has 0 aliphatic heterocycles. The predicted octanol–water partition coefficient (Wildman–Crippen LogP) is 2.96. The van der Waals surface area contributed by atoms with E-state index < -0.39 is 0 Å². The number of pyridine rings is 1. The van der Waals surface area contributed by atoms with Gasteiger partial charge in [0.1, 0.15) is 5.82 Å². The number of rotatable bonds is 0. The van der Waals surface area contributed by atoms with E-state index in [0.29, 0.717) is 0 Å². The molecule has 0 spiro atoms. The van der Waals surface area contributed by atoms with Gasteiger partial charge in [0.2, 0.25) is 0 Å². The van der Waals surface area contributed by atoms with Gasteiger partial charge in [-0.1, -0.05) is 6.07 Å². The lowest BCUT2D eigenvalue weighted by Gasteiger charge is -1.82. The first-order chi connectivity index (χ1) is 10.2. The summed E-state index contributed by atoms with van der Waals surface area (Å²) in [6.45, 7) is 5.74. The Hall–Kier alpha value is -2.69. The summed E-state index contributed by atoms with van der Waals surface area (Å²) >= 11 is 0. The lowest BCUT2D eigenvalue weighted by atomic mass is 10.4. The Balaban J connectivity index is 0.000000157. The third-order valence-electron chi connectivity index (χ3n) is 2.20. The Labute approximate surface area is 125 Å². The van der Waals surface area contributed by atoms with Crippen molar-refractivity contribution in [2.24, 2.45) is 0 Å². The number of hydrogen-bond donors (Lipinski definition) is 0. The Bertz CT molecular complexity index is 496. The standard InChI is InChI=1S/C6H7N.2C5H6N2/c1-6-4-2-3-5-7-6;1-5-4-6-2-3-7-5;1-5-6-3-2-4-7-5/h2-5H,1H3;2*2-4H,1H3. The van der Waals surface area contributed by atoms with E-state index in [-0.39, 0.29) is 0 Å². The first kappa shape index (κ1) is 16.4. The van der Waals surface area contributed by atoms with Crippen LogP contribution in [0.5, 0.6) is 0 Å². The van der Waals surface area contributed by atoms with E-state index >= 15 is 0 Å². The summed E-state index contributed by atoms with van der Waals surface area (Å²) in [5.41, 5.74) is 2.03. The molecule has 5 heteroatoms. The highest BCUT2D eigenvalue weighted by Gasteiger charge is 1.75. The molecule has 3 aromatic rings. The summed E-state index contributed by atoms with van der Waals surface area (Å²) in [5.74, 6) is 0.822. The summed E-state index contributed by atoms with van der Waals surface area (Å²) in [7, 11) is 0. The number of nitrogens with zero attached hydrogens (tertiary/aromatic N) is 5. The zero-order valence-electron chi connectivity index (χ0n) is 12.5. The van der Waals surface area contributed by atoms with E-state index in [9.17, 15) is 0 Å². The highest BCUT2D eigenvalue weighted by Crippen LogP contribution is 1.86. The maximum atomic E-state index is 3.98. The van der Waals surface area contributed by atoms with Crippen molar-refractivity contribution in [3.63, 3.8) is 0 Å². The van der Waals surface area contributed by atoms with Gasteiger partial charge < -0.3 is 0 Å². The third-order valence-corrected chi connectivity index (χ3v) is 2.20. The van der Waals surface area contributed by atoms with Crippen LogP contribution in [0.25, 0.3) is 0 Å². The van der Waals surface area contributed by atoms with Gasteiger partial charge in [-0.2, -0.15) is 0 Å². The quantitative estimate of drug-likeness (QED) is 0.634. The molecule has 0 bridgehead atoms. The molecule has 0 radical (unpaired) electrons. The molecule has 0 atom stereocenters. The molecule has 0 aliphatic rings. The minimum absolute atomic E-state index is 0.822. The van der Waals surface area contributed by atoms with Crippen molar-refractivity contribution in [2.45, 2.75) is 20.8 Å². The molecule has 3 rings (SSSR count). The Morgan fingerprint density at radius 1 is 0.619 bits per heavy atom. The average Bonchev–Trinajstić information content (AvgIpc) is 2.51. The van der Waals surface area contributed by atoms with E-state index in [2.05, 4.69) is 24.9 Å². The van der Waals surface area contributed by atoms with Crippen LogP contribution in [0.4, 0.5) is 0 Å². The molecular formula is C16H19N5. The number of aromatic nitrogens is 5. The molecule has 0 amide bonds. The first-order valence-electron chi connectivity index (χ1n) is 6.52. The van der Waals surface area contributed by atoms with Gasteiger partial charge >= 0.3 is 0 Å². The zero-order valence-corrected chi connectivity index (χ0v) is 12.5. The van der Waals surface area contributed by atoms with Gasteiger partial charge in [-0.05, 0) is 39.0 Å². The Morgan fingerprint density at radius 3 is 1.57 bits per heavy atom. The van der Waals surface area contributed by atoms with Crippen molar-refractivity contribution >= 4 is 0 Å². The molecule has 21 heavy (non-hydrogen) atoms. The fraction of sp³-hybridized carbons (Fsp3) is 0.188. The van der Waals surface area contributed by atoms with Crippen molar-refractivity contribution in [3.05, 3.63) is 78.7 Å². The van der Waals surface area contributed by atoms with Crippen molar-refractivity contribution < 1.29 is 0 Å². The first-order valence-corrected chi connectivity index (χ1v) is 6.52. The number of hydrogen-bond acceptors (Lipinski definition) is 5. The maximum Gasteiger partial charge on any atom is 0.125 e. The molecule has 108 valence electrons. The van der Waals surface area contributed by atoms with Gasteiger partial charge in [-0.3, -0.25) is 15.0 Å². The summed E-state index contributed by atoms with van der Waals surface area (Å²) in [5, 5.41) is 0. The fourth-order valence-corrected chi connectivity index (χ4v) is 1.20. The van der Waals surface area contributed by atoms with Crippen molar-refractivity contribution in [1.29, 1.82) is 0 Å². The molecule has 0 aromatic carbocycles. The molecule has 5 nitrogen and oxygen atoms in total. The molecule has 0 saturated carbocycles. The van der Waals surface area contributed by atoms with Crippen LogP contribution in [0.1, 0.15) is 17.2 Å². The predicted molar refractivity (Wildman–Crippen MR) is 82.5 cm³/mol. The molecule has 0 N–H and O–H groups in total. The van der Waals surface area contributed by atoms with E-state index in [0.717, 1.165) is 17.2 Å². The monoisotopic (exact) mass is 281 g/mol. The van der Waals surface area contributed by atoms with E-state index in [1.54, 1.807) is 43.2 Å². The topological polar surface area (TPSA) is 64.5 Å². The summed E-state index contributed by atoms with van der Waals surface area (Å²) in [6, 6.07) is 7.66. The Kier molecular flexibility index (Phi) is 7.90. The molecule has 0 saturated heterocycles. The lowest BCUT2D eigenvalue weighted by Crippen LogP contribution is -1.80. The van der Waals surface area contributed by atoms with Gasteiger partial charge in [-0.15, -0.1) is 0 Å². The van der Waals surface area contributed by atoms with Crippen LogP contribution in [-0.2, 0) is 0 Å². The molecule has 3 heterocycles. The van der Waals surface area contributed by atoms with Gasteiger partial charge in [0.15, 0.2) is 0 Å². The molecule has 0 unspecified atom stereocenters. The van der Waals surface area contributed by atoms with Crippen LogP contribution in [0, 0.1) is 20.8 Å². The Morgan fingerprint density at radius 2 is 1.29 bits per heavy atom. The zero-order chi connectivity index (χ0) is 15.3. The largest absolute Gasteiger partial charge is 0.262 e. The second-order valence-corrected chi connectivity index (χ2v) is 4.11. The van der Waals surface area contributed by atoms with Crippen molar-refractivity contribution in [1.82, 2.24) is 24.9 Å². The van der Waals surface area contributed by atoms with Crippen LogP contribution >= 0.6 is 0 Å². The van der Waals surface area contributed by atoms with Crippen molar-refractivity contribution in [3.8, 4) is 0 Å². The summed E-state index contributed by atoms with van der Waals surface area (Å²) < 4.78 is 0. The third kappa shape index (κ3) is 8.93. The molecule has 0 fully saturated rings. The summed E-state index contributed by atoms with van der Waals surface area (Å²) in [4.78, 5) is 19.5. The SMILES string of the molecule is Cc1ccccn1.Cc1cnccn1.Cc1ncccn1. The second-order valence-electron chi connectivity index (χ2n) is 4.11. The number of aryl methyl sites for hydroxylation is 3. The van der Waals surface area contributed by atoms with Crippen LogP contribution in [-0.4, -0.2) is 24.9 Å². The van der Waals surface area contributed by atoms with Gasteiger partial charge in [-0.25, -0.2) is 9.97 Å². The van der Waals surface area contributed by atoms with Gasteiger partial charge in [0.25, 0.3) is 0 Å². The van der Waals surface area contributed by atoms with Crippen LogP contribution in [0.2, 0.25) is 0 Å². The minimum atomic E-state index is 0.822. The molecule has 3 aromatic heterocycles. The van der Waals surface area contributed by atoms with E-state index in [1.807, 2.05) is 39.0 Å². The van der Waals surface area contributed by atoms with Gasteiger partial charge in [0.05, 0.1) is 5.69 Å². The van der Waals surface area contributed by atoms with Gasteiger partial charge in [0, 0.05) is 42.9 Å². The lowest BCUT2D eigenvalue weighted by molar-refractivity contribution is 1.05. The summed E-state index contributed by atoms with van der Waals surface area (Å²) in [6.07, 6.45) is 10.3. The van der Waals surface area contributed by atoms with E-state index in [1.165, 1.54) is 0 Å². The highest BCUT2D eigenvalue weighted by molar-refractivity contribution is 4.99. The van der Waals surface area contributed by atoms with Crippen LogP contribution in [0.15, 0.2) is 61.4 Å². The minimum Gasteiger partial charge on any atom is -0.262 e. The second kappa shape index (κ2) is 10.1. The normalized spacial score (nSPS) is 8.71. The highest BCUT2D eigenvalue weighted by atomic mass is 14.8. The average molecular weight is 281 g/mol. The van der Waals surface area contributed by atoms with Crippen LogP contribution < -0.4 is 0 Å². The van der Waals surface area contributed by atoms with Crippen LogP contribution in [0.3, 0.4) is 0 Å². The van der Waals surface area contributed by atoms with E-state index in [4.69, 9.17) is 0 Å².